The maximum atomic E-state index is 10.7. The minimum atomic E-state index is 0.211. The maximum Gasteiger partial charge on any atom is 0.124 e. The molecule has 0 saturated heterocycles. The van der Waals surface area contributed by atoms with Crippen molar-refractivity contribution in [2.45, 2.75) is 19.3 Å². The zero-order chi connectivity index (χ0) is 8.55. The molecule has 0 fully saturated rings. The van der Waals surface area contributed by atoms with Gasteiger partial charge >= 0.3 is 0 Å². The number of carbonyl (C=O) groups is 1. The fourth-order valence-corrected chi connectivity index (χ4v) is 1.99. The van der Waals surface area contributed by atoms with Gasteiger partial charge < -0.3 is 4.79 Å². The third-order valence-electron chi connectivity index (χ3n) is 2.82. The first-order valence-electron chi connectivity index (χ1n) is 4.36. The van der Waals surface area contributed by atoms with Crippen LogP contribution in [0.1, 0.15) is 24.0 Å². The predicted molar refractivity (Wildman–Crippen MR) is 48.1 cm³/mol. The highest BCUT2D eigenvalue weighted by molar-refractivity contribution is 5.60. The Morgan fingerprint density at radius 2 is 2.17 bits per heavy atom. The lowest BCUT2D eigenvalue weighted by atomic mass is 9.96. The Balaban J connectivity index is 2.41. The molecule has 12 heavy (non-hydrogen) atoms. The molecule has 0 heterocycles. The fourth-order valence-electron chi connectivity index (χ4n) is 1.99. The molecule has 0 radical (unpaired) electrons. The molecule has 0 bridgehead atoms. The van der Waals surface area contributed by atoms with E-state index in [1.54, 1.807) is 0 Å². The van der Waals surface area contributed by atoms with Crippen LogP contribution in [-0.4, -0.2) is 6.29 Å². The van der Waals surface area contributed by atoms with Gasteiger partial charge in [0.05, 0.1) is 0 Å². The third kappa shape index (κ3) is 0.970. The molecule has 0 N–H and O–H groups in total. The van der Waals surface area contributed by atoms with Gasteiger partial charge in [-0.05, 0) is 23.5 Å². The van der Waals surface area contributed by atoms with Crippen molar-refractivity contribution < 1.29 is 4.79 Å². The van der Waals surface area contributed by atoms with Gasteiger partial charge in [0.2, 0.25) is 0 Å². The third-order valence-corrected chi connectivity index (χ3v) is 2.82. The molecule has 1 aliphatic carbocycles. The molecule has 0 unspecified atom stereocenters. The van der Waals surface area contributed by atoms with Crippen molar-refractivity contribution >= 4 is 6.29 Å². The van der Waals surface area contributed by atoms with Crippen LogP contribution in [0, 0.1) is 5.92 Å². The van der Waals surface area contributed by atoms with Crippen molar-refractivity contribution in [2.24, 2.45) is 5.92 Å². The summed E-state index contributed by atoms with van der Waals surface area (Å²) in [6.07, 6.45) is 2.02. The first-order chi connectivity index (χ1) is 5.83. The molecule has 2 rings (SSSR count). The summed E-state index contributed by atoms with van der Waals surface area (Å²) < 4.78 is 0. The van der Waals surface area contributed by atoms with Crippen LogP contribution >= 0.6 is 0 Å². The molecule has 1 heteroatoms. The van der Waals surface area contributed by atoms with E-state index >= 15 is 0 Å². The summed E-state index contributed by atoms with van der Waals surface area (Å²) in [5, 5.41) is 0. The summed E-state index contributed by atoms with van der Waals surface area (Å²) in [4.78, 5) is 10.7. The SMILES string of the molecule is C[C@@H]1c2ccccc2C[C@H]1C=O. The Morgan fingerprint density at radius 1 is 1.42 bits per heavy atom. The summed E-state index contributed by atoms with van der Waals surface area (Å²) in [6, 6.07) is 8.33. The largest absolute Gasteiger partial charge is 0.303 e. The molecule has 1 aliphatic rings. The molecule has 1 aromatic rings. The highest BCUT2D eigenvalue weighted by Gasteiger charge is 2.27. The van der Waals surface area contributed by atoms with Crippen molar-refractivity contribution in [2.75, 3.05) is 0 Å². The summed E-state index contributed by atoms with van der Waals surface area (Å²) in [5.74, 6) is 0.626. The van der Waals surface area contributed by atoms with Crippen molar-refractivity contribution in [3.63, 3.8) is 0 Å². The van der Waals surface area contributed by atoms with Crippen LogP contribution in [0.2, 0.25) is 0 Å². The topological polar surface area (TPSA) is 17.1 Å². The van der Waals surface area contributed by atoms with Gasteiger partial charge in [-0.2, -0.15) is 0 Å². The van der Waals surface area contributed by atoms with Gasteiger partial charge in [-0.3, -0.25) is 0 Å². The van der Waals surface area contributed by atoms with E-state index in [-0.39, 0.29) is 5.92 Å². The Bertz CT molecular complexity index is 304. The van der Waals surface area contributed by atoms with Crippen LogP contribution in [0.25, 0.3) is 0 Å². The molecule has 0 aromatic heterocycles. The highest BCUT2D eigenvalue weighted by atomic mass is 16.1. The lowest BCUT2D eigenvalue weighted by molar-refractivity contribution is -0.111. The van der Waals surface area contributed by atoms with E-state index in [9.17, 15) is 4.79 Å². The van der Waals surface area contributed by atoms with E-state index < -0.39 is 0 Å². The summed E-state index contributed by atoms with van der Waals surface area (Å²) >= 11 is 0. The lowest BCUT2D eigenvalue weighted by Crippen LogP contribution is -2.04. The second kappa shape index (κ2) is 2.74. The summed E-state index contributed by atoms with van der Waals surface area (Å²) in [5.41, 5.74) is 2.71. The smallest absolute Gasteiger partial charge is 0.124 e. The number of benzene rings is 1. The number of aldehydes is 1. The average Bonchev–Trinajstić information content (AvgIpc) is 2.44. The molecule has 62 valence electrons. The number of rotatable bonds is 1. The standard InChI is InChI=1S/C11H12O/c1-8-10(7-12)6-9-4-2-3-5-11(8)9/h2-5,7-8,10H,6H2,1H3/t8-,10-/m0/s1. The van der Waals surface area contributed by atoms with Gasteiger partial charge in [0, 0.05) is 5.92 Å². The maximum absolute atomic E-state index is 10.7. The minimum Gasteiger partial charge on any atom is -0.303 e. The Kier molecular flexibility index (Phi) is 1.72. The summed E-state index contributed by atoms with van der Waals surface area (Å²) in [7, 11) is 0. The van der Waals surface area contributed by atoms with Gasteiger partial charge in [0.1, 0.15) is 6.29 Å². The molecule has 2 atom stereocenters. The zero-order valence-electron chi connectivity index (χ0n) is 7.16. The van der Waals surface area contributed by atoms with E-state index in [4.69, 9.17) is 0 Å². The van der Waals surface area contributed by atoms with Crippen molar-refractivity contribution in [1.29, 1.82) is 0 Å². The minimum absolute atomic E-state index is 0.211. The van der Waals surface area contributed by atoms with Crippen LogP contribution in [0.3, 0.4) is 0 Å². The molecule has 0 amide bonds. The van der Waals surface area contributed by atoms with Crippen LogP contribution in [-0.2, 0) is 11.2 Å². The normalized spacial score (nSPS) is 26.8. The van der Waals surface area contributed by atoms with E-state index in [0.29, 0.717) is 5.92 Å². The highest BCUT2D eigenvalue weighted by Crippen LogP contribution is 2.35. The van der Waals surface area contributed by atoms with Gasteiger partial charge in [0.25, 0.3) is 0 Å². The van der Waals surface area contributed by atoms with Gasteiger partial charge in [-0.15, -0.1) is 0 Å². The van der Waals surface area contributed by atoms with E-state index in [1.165, 1.54) is 11.1 Å². The monoisotopic (exact) mass is 160 g/mol. The lowest BCUT2D eigenvalue weighted by Gasteiger charge is -2.07. The molecule has 0 spiro atoms. The van der Waals surface area contributed by atoms with Gasteiger partial charge in [-0.1, -0.05) is 31.2 Å². The molecule has 1 aromatic carbocycles. The summed E-state index contributed by atoms with van der Waals surface area (Å²) in [6.45, 7) is 2.13. The Morgan fingerprint density at radius 3 is 2.83 bits per heavy atom. The number of fused-ring (bicyclic) bond motifs is 1. The zero-order valence-corrected chi connectivity index (χ0v) is 7.16. The molecular weight excluding hydrogens is 148 g/mol. The van der Waals surface area contributed by atoms with Crippen molar-refractivity contribution in [3.8, 4) is 0 Å². The molecule has 1 nitrogen and oxygen atoms in total. The number of hydrogen-bond donors (Lipinski definition) is 0. The first kappa shape index (κ1) is 7.53. The van der Waals surface area contributed by atoms with E-state index in [2.05, 4.69) is 19.1 Å². The first-order valence-corrected chi connectivity index (χ1v) is 4.36. The van der Waals surface area contributed by atoms with Crippen LogP contribution in [0.5, 0.6) is 0 Å². The Labute approximate surface area is 72.4 Å². The number of carbonyl (C=O) groups excluding carboxylic acids is 1. The second-order valence-electron chi connectivity index (χ2n) is 3.49. The van der Waals surface area contributed by atoms with Crippen LogP contribution < -0.4 is 0 Å². The van der Waals surface area contributed by atoms with Crippen LogP contribution in [0.15, 0.2) is 24.3 Å². The quantitative estimate of drug-likeness (QED) is 0.575. The fraction of sp³-hybridized carbons (Fsp3) is 0.364. The van der Waals surface area contributed by atoms with Crippen LogP contribution in [0.4, 0.5) is 0 Å². The average molecular weight is 160 g/mol. The van der Waals surface area contributed by atoms with Gasteiger partial charge in [-0.25, -0.2) is 0 Å². The van der Waals surface area contributed by atoms with E-state index in [1.807, 2.05) is 12.1 Å². The molecule has 0 saturated carbocycles. The predicted octanol–water partition coefficient (Wildman–Crippen LogP) is 2.16. The van der Waals surface area contributed by atoms with Crippen molar-refractivity contribution in [3.05, 3.63) is 35.4 Å². The van der Waals surface area contributed by atoms with Gasteiger partial charge in [0.15, 0.2) is 0 Å². The van der Waals surface area contributed by atoms with E-state index in [0.717, 1.165) is 12.7 Å². The van der Waals surface area contributed by atoms with Crippen molar-refractivity contribution in [1.82, 2.24) is 0 Å². The molecular formula is C11H12O. The number of hydrogen-bond acceptors (Lipinski definition) is 1. The Hall–Kier alpha value is -1.11. The molecule has 0 aliphatic heterocycles. The second-order valence-corrected chi connectivity index (χ2v) is 3.49.